The van der Waals surface area contributed by atoms with Crippen molar-refractivity contribution in [3.8, 4) is 0 Å². The number of anilines is 2. The molecule has 0 spiro atoms. The lowest BCUT2D eigenvalue weighted by atomic mass is 9.85. The highest BCUT2D eigenvalue weighted by Crippen LogP contribution is 2.41. The molecule has 0 saturated heterocycles. The van der Waals surface area contributed by atoms with Crippen molar-refractivity contribution in [2.45, 2.75) is 38.1 Å². The molecular weight excluding hydrogens is 521 g/mol. The molecule has 2 aromatic rings. The van der Waals surface area contributed by atoms with Crippen LogP contribution in [0.15, 0.2) is 69.8 Å². The number of sulfone groups is 1. The molecule has 2 aliphatic rings. The molecule has 2 aromatic carbocycles. The second-order valence-electron chi connectivity index (χ2n) is 10.2. The van der Waals surface area contributed by atoms with Crippen molar-refractivity contribution in [1.29, 1.82) is 0 Å². The van der Waals surface area contributed by atoms with Crippen molar-refractivity contribution in [3.05, 3.63) is 76.3 Å². The minimum atomic E-state index is -4.09. The fourth-order valence-corrected chi connectivity index (χ4v) is 6.46. The number of benzene rings is 2. The molecule has 2 aliphatic heterocycles. The van der Waals surface area contributed by atoms with Crippen LogP contribution in [0.2, 0.25) is 0 Å². The van der Waals surface area contributed by atoms with Gasteiger partial charge in [-0.25, -0.2) is 21.2 Å². The molecule has 0 saturated carbocycles. The van der Waals surface area contributed by atoms with Gasteiger partial charge in [-0.05, 0) is 47.7 Å². The maximum Gasteiger partial charge on any atom is 0.260 e. The quantitative estimate of drug-likeness (QED) is 0.502. The van der Waals surface area contributed by atoms with Crippen LogP contribution in [0.1, 0.15) is 26.3 Å². The molecule has 198 valence electrons. The second-order valence-corrected chi connectivity index (χ2v) is 13.7. The van der Waals surface area contributed by atoms with Crippen LogP contribution in [-0.4, -0.2) is 51.6 Å². The van der Waals surface area contributed by atoms with Crippen molar-refractivity contribution in [2.24, 2.45) is 5.41 Å². The highest BCUT2D eigenvalue weighted by molar-refractivity contribution is 7.94. The first-order valence-corrected chi connectivity index (χ1v) is 14.9. The SMILES string of the molecule is CC(C)(C)[C@H]1C(O)=C(C2=CS(=O)(=O)c3cc(NS(C)(=O)=O)ccc3N2)C(=O)N1CCc1ccc(F)cc1. The van der Waals surface area contributed by atoms with Gasteiger partial charge in [-0.3, -0.25) is 9.52 Å². The lowest BCUT2D eigenvalue weighted by Gasteiger charge is -2.35. The van der Waals surface area contributed by atoms with E-state index in [0.717, 1.165) is 17.2 Å². The molecule has 0 aromatic heterocycles. The summed E-state index contributed by atoms with van der Waals surface area (Å²) in [7, 11) is -7.72. The second kappa shape index (κ2) is 9.18. The van der Waals surface area contributed by atoms with Crippen LogP contribution in [0, 0.1) is 11.2 Å². The van der Waals surface area contributed by atoms with E-state index in [2.05, 4.69) is 10.0 Å². The fourth-order valence-electron chi connectivity index (χ4n) is 4.57. The number of nitrogens with zero attached hydrogens (tertiary/aromatic N) is 1. The van der Waals surface area contributed by atoms with E-state index in [1.165, 1.54) is 35.2 Å². The predicted molar refractivity (Wildman–Crippen MR) is 139 cm³/mol. The molecule has 1 atom stereocenters. The third-order valence-corrected chi connectivity index (χ3v) is 8.18. The van der Waals surface area contributed by atoms with Crippen LogP contribution in [0.4, 0.5) is 15.8 Å². The average Bonchev–Trinajstić information content (AvgIpc) is 3.02. The minimum Gasteiger partial charge on any atom is -0.509 e. The molecule has 0 radical (unpaired) electrons. The molecule has 3 N–H and O–H groups in total. The number of carbonyl (C=O) groups is 1. The summed E-state index contributed by atoms with van der Waals surface area (Å²) in [5.74, 6) is -1.15. The van der Waals surface area contributed by atoms with Gasteiger partial charge in [-0.1, -0.05) is 32.9 Å². The average molecular weight is 550 g/mol. The van der Waals surface area contributed by atoms with Crippen molar-refractivity contribution in [3.63, 3.8) is 0 Å². The number of hydrogen-bond donors (Lipinski definition) is 3. The highest BCUT2D eigenvalue weighted by atomic mass is 32.2. The summed E-state index contributed by atoms with van der Waals surface area (Å²) in [6.07, 6.45) is 1.36. The summed E-state index contributed by atoms with van der Waals surface area (Å²) in [6.45, 7) is 5.80. The summed E-state index contributed by atoms with van der Waals surface area (Å²) in [5, 5.41) is 15.0. The molecule has 0 bridgehead atoms. The Morgan fingerprint density at radius 2 is 1.78 bits per heavy atom. The summed E-state index contributed by atoms with van der Waals surface area (Å²) in [6, 6.07) is 9.16. The zero-order valence-corrected chi connectivity index (χ0v) is 22.4. The van der Waals surface area contributed by atoms with Crippen LogP contribution in [0.25, 0.3) is 0 Å². The van der Waals surface area contributed by atoms with Gasteiger partial charge in [-0.15, -0.1) is 0 Å². The van der Waals surface area contributed by atoms with Gasteiger partial charge in [0, 0.05) is 12.2 Å². The van der Waals surface area contributed by atoms with Gasteiger partial charge in [0.15, 0.2) is 0 Å². The Kier molecular flexibility index (Phi) is 6.62. The lowest BCUT2D eigenvalue weighted by Crippen LogP contribution is -2.45. The van der Waals surface area contributed by atoms with Crippen LogP contribution in [-0.2, 0) is 31.1 Å². The fraction of sp³-hybridized carbons (Fsp3) is 0.320. The molecule has 0 aliphatic carbocycles. The van der Waals surface area contributed by atoms with E-state index in [4.69, 9.17) is 0 Å². The van der Waals surface area contributed by atoms with E-state index in [9.17, 15) is 31.1 Å². The largest absolute Gasteiger partial charge is 0.509 e. The number of nitrogens with one attached hydrogen (secondary N) is 2. The van der Waals surface area contributed by atoms with Gasteiger partial charge in [0.05, 0.1) is 34.0 Å². The van der Waals surface area contributed by atoms with Crippen LogP contribution < -0.4 is 10.0 Å². The van der Waals surface area contributed by atoms with Crippen molar-refractivity contribution >= 4 is 37.1 Å². The number of aliphatic hydroxyl groups is 1. The predicted octanol–water partition coefficient (Wildman–Crippen LogP) is 3.55. The zero-order chi connectivity index (χ0) is 27.3. The van der Waals surface area contributed by atoms with Crippen molar-refractivity contribution < 1.29 is 31.1 Å². The third kappa shape index (κ3) is 5.49. The lowest BCUT2D eigenvalue weighted by molar-refractivity contribution is -0.128. The van der Waals surface area contributed by atoms with E-state index in [0.29, 0.717) is 6.42 Å². The minimum absolute atomic E-state index is 0.0715. The van der Waals surface area contributed by atoms with Gasteiger partial charge >= 0.3 is 0 Å². The van der Waals surface area contributed by atoms with Crippen LogP contribution >= 0.6 is 0 Å². The number of fused-ring (bicyclic) bond motifs is 1. The zero-order valence-electron chi connectivity index (χ0n) is 20.7. The van der Waals surface area contributed by atoms with E-state index in [-0.39, 0.29) is 45.7 Å². The summed E-state index contributed by atoms with van der Waals surface area (Å²) < 4.78 is 64.8. The Labute approximate surface area is 215 Å². The molecule has 9 nitrogen and oxygen atoms in total. The van der Waals surface area contributed by atoms with Crippen molar-refractivity contribution in [2.75, 3.05) is 22.8 Å². The normalized spacial score (nSPS) is 19.4. The van der Waals surface area contributed by atoms with E-state index in [1.54, 1.807) is 12.1 Å². The maximum atomic E-state index is 13.6. The number of sulfonamides is 1. The molecule has 12 heteroatoms. The smallest absolute Gasteiger partial charge is 0.260 e. The first kappa shape index (κ1) is 26.7. The summed E-state index contributed by atoms with van der Waals surface area (Å²) in [5.41, 5.74) is 0.218. The Bertz CT molecular complexity index is 1540. The van der Waals surface area contributed by atoms with Crippen molar-refractivity contribution in [1.82, 2.24) is 4.90 Å². The summed E-state index contributed by atoms with van der Waals surface area (Å²) >= 11 is 0. The molecule has 2 heterocycles. The van der Waals surface area contributed by atoms with Gasteiger partial charge in [0.25, 0.3) is 5.91 Å². The molecule has 37 heavy (non-hydrogen) atoms. The topological polar surface area (TPSA) is 133 Å². The van der Waals surface area contributed by atoms with Crippen LogP contribution in [0.5, 0.6) is 0 Å². The van der Waals surface area contributed by atoms with Gasteiger partial charge in [-0.2, -0.15) is 0 Å². The third-order valence-electron chi connectivity index (χ3n) is 6.08. The van der Waals surface area contributed by atoms with Crippen LogP contribution in [0.3, 0.4) is 0 Å². The highest BCUT2D eigenvalue weighted by Gasteiger charge is 2.47. The Morgan fingerprint density at radius 1 is 1.14 bits per heavy atom. The molecule has 0 unspecified atom stereocenters. The van der Waals surface area contributed by atoms with E-state index < -0.39 is 37.2 Å². The standard InChI is InChI=1S/C25H28FN3O6S2/c1-25(2,3)23-22(30)21(24(31)29(23)12-11-15-5-7-16(26)8-6-15)19-14-37(34,35)20-13-17(28-36(4,32)33)9-10-18(20)27-19/h5-10,13-14,23,27-28,30H,11-12H2,1-4H3/t23-/m1/s1. The van der Waals surface area contributed by atoms with E-state index >= 15 is 0 Å². The number of aliphatic hydroxyl groups excluding tert-OH is 1. The molecule has 4 rings (SSSR count). The Hall–Kier alpha value is -3.38. The molecule has 1 amide bonds. The van der Waals surface area contributed by atoms with Gasteiger partial charge < -0.3 is 15.3 Å². The van der Waals surface area contributed by atoms with Gasteiger partial charge in [0.1, 0.15) is 17.1 Å². The number of halogens is 1. The first-order valence-electron chi connectivity index (χ1n) is 11.4. The number of carbonyl (C=O) groups excluding carboxylic acids is 1. The molecular formula is C25H28FN3O6S2. The summed E-state index contributed by atoms with van der Waals surface area (Å²) in [4.78, 5) is 14.9. The number of amides is 1. The Morgan fingerprint density at radius 3 is 2.38 bits per heavy atom. The monoisotopic (exact) mass is 549 g/mol. The number of rotatable bonds is 6. The molecule has 0 fully saturated rings. The Balaban J connectivity index is 1.69. The number of hydrogen-bond acceptors (Lipinski definition) is 7. The first-order chi connectivity index (χ1) is 17.1. The van der Waals surface area contributed by atoms with E-state index in [1.807, 2.05) is 20.8 Å². The maximum absolute atomic E-state index is 13.6. The van der Waals surface area contributed by atoms with Gasteiger partial charge in [0.2, 0.25) is 19.9 Å².